The van der Waals surface area contributed by atoms with Crippen molar-refractivity contribution < 1.29 is 0 Å². The van der Waals surface area contributed by atoms with Crippen molar-refractivity contribution in [2.45, 2.75) is 12.5 Å². The highest BCUT2D eigenvalue weighted by Gasteiger charge is 2.13. The number of nitrogens with one attached hydrogen (secondary N) is 1. The van der Waals surface area contributed by atoms with Crippen LogP contribution in [0.3, 0.4) is 0 Å². The van der Waals surface area contributed by atoms with E-state index in [1.54, 1.807) is 0 Å². The Morgan fingerprint density at radius 2 is 2.60 bits per heavy atom. The first-order chi connectivity index (χ1) is 4.97. The first kappa shape index (κ1) is 5.86. The van der Waals surface area contributed by atoms with E-state index in [4.69, 9.17) is 0 Å². The zero-order valence-corrected chi connectivity index (χ0v) is 5.75. The SMILES string of the molecule is C1=CC2=CCCNC2C=N1. The molecule has 2 rings (SSSR count). The van der Waals surface area contributed by atoms with Crippen molar-refractivity contribution in [2.75, 3.05) is 6.54 Å². The molecule has 0 aromatic rings. The van der Waals surface area contributed by atoms with Gasteiger partial charge in [-0.05, 0) is 24.6 Å². The molecule has 1 atom stereocenters. The molecule has 2 heterocycles. The molecule has 0 amide bonds. The van der Waals surface area contributed by atoms with Gasteiger partial charge in [0.15, 0.2) is 0 Å². The Morgan fingerprint density at radius 3 is 3.50 bits per heavy atom. The van der Waals surface area contributed by atoms with Gasteiger partial charge in [-0.3, -0.25) is 4.99 Å². The molecule has 2 aliphatic rings. The molecule has 0 fully saturated rings. The highest BCUT2D eigenvalue weighted by Crippen LogP contribution is 2.11. The van der Waals surface area contributed by atoms with Gasteiger partial charge in [-0.25, -0.2) is 0 Å². The Bertz CT molecular complexity index is 213. The molecule has 0 aromatic carbocycles. The summed E-state index contributed by atoms with van der Waals surface area (Å²) in [6.45, 7) is 1.08. The summed E-state index contributed by atoms with van der Waals surface area (Å²) in [6.07, 6.45) is 9.27. The predicted molar refractivity (Wildman–Crippen MR) is 42.1 cm³/mol. The molecule has 2 heteroatoms. The minimum absolute atomic E-state index is 0.388. The van der Waals surface area contributed by atoms with E-state index in [2.05, 4.69) is 22.5 Å². The smallest absolute Gasteiger partial charge is 0.0678 e. The number of aliphatic imine (C=N–C) groups is 1. The summed E-state index contributed by atoms with van der Waals surface area (Å²) in [7, 11) is 0. The average Bonchev–Trinajstić information content (AvgIpc) is 2.05. The fourth-order valence-corrected chi connectivity index (χ4v) is 1.30. The monoisotopic (exact) mass is 134 g/mol. The van der Waals surface area contributed by atoms with Gasteiger partial charge in [0.25, 0.3) is 0 Å². The molecule has 1 unspecified atom stereocenters. The summed E-state index contributed by atoms with van der Waals surface area (Å²) in [4.78, 5) is 4.05. The number of hydrogen-bond donors (Lipinski definition) is 1. The van der Waals surface area contributed by atoms with Crippen LogP contribution in [0.1, 0.15) is 6.42 Å². The maximum atomic E-state index is 4.05. The van der Waals surface area contributed by atoms with Gasteiger partial charge < -0.3 is 5.32 Å². The van der Waals surface area contributed by atoms with Crippen molar-refractivity contribution in [1.29, 1.82) is 0 Å². The second-order valence-electron chi connectivity index (χ2n) is 2.54. The molecule has 2 aliphatic heterocycles. The van der Waals surface area contributed by atoms with Gasteiger partial charge in [-0.1, -0.05) is 6.08 Å². The van der Waals surface area contributed by atoms with Gasteiger partial charge in [-0.15, -0.1) is 0 Å². The maximum Gasteiger partial charge on any atom is 0.0678 e. The standard InChI is InChI=1S/C8H10N2/c1-2-7-3-5-9-6-8(7)10-4-1/h2-3,5-6,8,10H,1,4H2. The van der Waals surface area contributed by atoms with E-state index in [-0.39, 0.29) is 0 Å². The maximum absolute atomic E-state index is 4.05. The average molecular weight is 134 g/mol. The number of fused-ring (bicyclic) bond motifs is 1. The van der Waals surface area contributed by atoms with E-state index in [1.807, 2.05) is 12.4 Å². The third kappa shape index (κ3) is 0.907. The Morgan fingerprint density at radius 1 is 1.60 bits per heavy atom. The molecule has 2 nitrogen and oxygen atoms in total. The number of hydrogen-bond acceptors (Lipinski definition) is 2. The predicted octanol–water partition coefficient (Wildman–Crippen LogP) is 0.873. The fraction of sp³-hybridized carbons (Fsp3) is 0.375. The molecule has 0 saturated carbocycles. The van der Waals surface area contributed by atoms with Gasteiger partial charge in [0, 0.05) is 12.4 Å². The Labute approximate surface area is 60.3 Å². The molecule has 0 spiro atoms. The van der Waals surface area contributed by atoms with Crippen molar-refractivity contribution in [1.82, 2.24) is 5.32 Å². The quantitative estimate of drug-likeness (QED) is 0.522. The van der Waals surface area contributed by atoms with Gasteiger partial charge in [0.05, 0.1) is 6.04 Å². The summed E-state index contributed by atoms with van der Waals surface area (Å²) in [5, 5.41) is 3.35. The second kappa shape index (κ2) is 2.39. The van der Waals surface area contributed by atoms with Gasteiger partial charge in [-0.2, -0.15) is 0 Å². The Balaban J connectivity index is 2.27. The van der Waals surface area contributed by atoms with Crippen molar-refractivity contribution in [3.63, 3.8) is 0 Å². The van der Waals surface area contributed by atoms with E-state index in [1.165, 1.54) is 5.57 Å². The van der Waals surface area contributed by atoms with Crippen molar-refractivity contribution in [3.05, 3.63) is 23.9 Å². The zero-order valence-electron chi connectivity index (χ0n) is 5.75. The van der Waals surface area contributed by atoms with E-state index in [9.17, 15) is 0 Å². The minimum Gasteiger partial charge on any atom is -0.305 e. The molecular formula is C8H10N2. The van der Waals surface area contributed by atoms with Crippen LogP contribution in [0.25, 0.3) is 0 Å². The van der Waals surface area contributed by atoms with Crippen LogP contribution in [0.4, 0.5) is 0 Å². The lowest BCUT2D eigenvalue weighted by molar-refractivity contribution is 0.658. The lowest BCUT2D eigenvalue weighted by atomic mass is 10.0. The van der Waals surface area contributed by atoms with Crippen LogP contribution in [-0.4, -0.2) is 18.8 Å². The summed E-state index contributed by atoms with van der Waals surface area (Å²) >= 11 is 0. The van der Waals surface area contributed by atoms with Crippen molar-refractivity contribution in [3.8, 4) is 0 Å². The molecule has 0 saturated heterocycles. The molecule has 1 N–H and O–H groups in total. The summed E-state index contributed by atoms with van der Waals surface area (Å²) in [6, 6.07) is 0.388. The summed E-state index contributed by atoms with van der Waals surface area (Å²) in [5.41, 5.74) is 1.36. The van der Waals surface area contributed by atoms with Gasteiger partial charge >= 0.3 is 0 Å². The van der Waals surface area contributed by atoms with Crippen molar-refractivity contribution in [2.24, 2.45) is 4.99 Å². The fourth-order valence-electron chi connectivity index (χ4n) is 1.30. The molecule has 10 heavy (non-hydrogen) atoms. The van der Waals surface area contributed by atoms with Crippen LogP contribution in [0, 0.1) is 0 Å². The summed E-state index contributed by atoms with van der Waals surface area (Å²) < 4.78 is 0. The lowest BCUT2D eigenvalue weighted by Gasteiger charge is -2.21. The number of rotatable bonds is 0. The largest absolute Gasteiger partial charge is 0.305 e. The third-order valence-corrected chi connectivity index (χ3v) is 1.84. The van der Waals surface area contributed by atoms with E-state index in [0.717, 1.165) is 13.0 Å². The lowest BCUT2D eigenvalue weighted by Crippen LogP contribution is -2.36. The molecule has 0 bridgehead atoms. The molecular weight excluding hydrogens is 124 g/mol. The minimum atomic E-state index is 0.388. The highest BCUT2D eigenvalue weighted by atomic mass is 14.9. The topological polar surface area (TPSA) is 24.4 Å². The van der Waals surface area contributed by atoms with Gasteiger partial charge in [0.2, 0.25) is 0 Å². The second-order valence-corrected chi connectivity index (χ2v) is 2.54. The molecule has 0 aromatic heterocycles. The van der Waals surface area contributed by atoms with Crippen LogP contribution >= 0.6 is 0 Å². The van der Waals surface area contributed by atoms with E-state index >= 15 is 0 Å². The Hall–Kier alpha value is -0.890. The molecule has 52 valence electrons. The van der Waals surface area contributed by atoms with Gasteiger partial charge in [0.1, 0.15) is 0 Å². The van der Waals surface area contributed by atoms with Crippen LogP contribution in [0.2, 0.25) is 0 Å². The van der Waals surface area contributed by atoms with Crippen LogP contribution in [0.15, 0.2) is 28.9 Å². The van der Waals surface area contributed by atoms with E-state index in [0.29, 0.717) is 6.04 Å². The van der Waals surface area contributed by atoms with Crippen molar-refractivity contribution >= 4 is 6.21 Å². The van der Waals surface area contributed by atoms with E-state index < -0.39 is 0 Å². The highest BCUT2D eigenvalue weighted by molar-refractivity contribution is 5.73. The first-order valence-electron chi connectivity index (χ1n) is 3.60. The third-order valence-electron chi connectivity index (χ3n) is 1.84. The number of nitrogens with zero attached hydrogens (tertiary/aromatic N) is 1. The zero-order chi connectivity index (χ0) is 6.81. The van der Waals surface area contributed by atoms with Crippen LogP contribution in [0.5, 0.6) is 0 Å². The molecule has 0 aliphatic carbocycles. The first-order valence-corrected chi connectivity index (χ1v) is 3.60. The Kier molecular flexibility index (Phi) is 1.40. The normalized spacial score (nSPS) is 29.6. The van der Waals surface area contributed by atoms with Crippen LogP contribution in [-0.2, 0) is 0 Å². The molecule has 0 radical (unpaired) electrons. The van der Waals surface area contributed by atoms with Crippen LogP contribution < -0.4 is 5.32 Å². The summed E-state index contributed by atoms with van der Waals surface area (Å²) in [5.74, 6) is 0.